The summed E-state index contributed by atoms with van der Waals surface area (Å²) >= 11 is 0. The zero-order valence-corrected chi connectivity index (χ0v) is 17.6. The second-order valence-electron chi connectivity index (χ2n) is 8.22. The average molecular weight is 408 g/mol. The van der Waals surface area contributed by atoms with Gasteiger partial charge in [0.05, 0.1) is 18.0 Å². The number of hydrogen-bond acceptors (Lipinski definition) is 6. The van der Waals surface area contributed by atoms with Gasteiger partial charge in [-0.25, -0.2) is 9.59 Å². The average Bonchev–Trinajstić information content (AvgIpc) is 2.64. The number of amides is 1. The van der Waals surface area contributed by atoms with Crippen LogP contribution in [-0.4, -0.2) is 53.6 Å². The normalized spacial score (nSPS) is 14.4. The number of rotatable bonds is 10. The molecule has 3 N–H and O–H groups in total. The molecule has 1 aliphatic rings. The lowest BCUT2D eigenvalue weighted by Gasteiger charge is -2.22. The molecule has 1 aliphatic heterocycles. The first kappa shape index (κ1) is 22.9. The monoisotopic (exact) mass is 407 g/mol. The molecule has 0 unspecified atom stereocenters. The van der Waals surface area contributed by atoms with Crippen molar-refractivity contribution in [3.63, 3.8) is 0 Å². The first-order valence-corrected chi connectivity index (χ1v) is 10.3. The Balaban J connectivity index is 1.60. The van der Waals surface area contributed by atoms with Crippen LogP contribution in [0, 0.1) is 0 Å². The third-order valence-electron chi connectivity index (χ3n) is 4.46. The van der Waals surface area contributed by atoms with Gasteiger partial charge in [0.1, 0.15) is 11.6 Å². The molecule has 0 bridgehead atoms. The number of carboxylic acid groups (broad SMARTS) is 1. The molecule has 0 saturated heterocycles. The minimum Gasteiger partial charge on any atom is -0.480 e. The quantitative estimate of drug-likeness (QED) is 0.511. The molecule has 0 fully saturated rings. The van der Waals surface area contributed by atoms with E-state index in [0.29, 0.717) is 26.1 Å². The van der Waals surface area contributed by atoms with Gasteiger partial charge in [-0.15, -0.1) is 0 Å². The van der Waals surface area contributed by atoms with Gasteiger partial charge < -0.3 is 25.2 Å². The van der Waals surface area contributed by atoms with Crippen LogP contribution in [-0.2, 0) is 27.1 Å². The number of alkyl carbamates (subject to hydrolysis) is 1. The Labute approximate surface area is 172 Å². The highest BCUT2D eigenvalue weighted by atomic mass is 16.6. The van der Waals surface area contributed by atoms with E-state index in [2.05, 4.69) is 21.7 Å². The summed E-state index contributed by atoms with van der Waals surface area (Å²) in [5.74, 6) is -1.07. The van der Waals surface area contributed by atoms with Crippen molar-refractivity contribution in [2.45, 2.75) is 70.9 Å². The molecule has 1 amide bonds. The van der Waals surface area contributed by atoms with Gasteiger partial charge in [-0.1, -0.05) is 0 Å². The number of nitrogens with zero attached hydrogens (tertiary/aromatic N) is 1. The molecule has 8 nitrogen and oxygen atoms in total. The minimum absolute atomic E-state index is 0.331. The summed E-state index contributed by atoms with van der Waals surface area (Å²) < 4.78 is 10.8. The summed E-state index contributed by atoms with van der Waals surface area (Å²) in [5.41, 5.74) is 2.63. The molecule has 0 aromatic carbocycles. The van der Waals surface area contributed by atoms with Gasteiger partial charge in [0, 0.05) is 25.3 Å². The molecule has 2 heterocycles. The Morgan fingerprint density at radius 1 is 1.28 bits per heavy atom. The Morgan fingerprint density at radius 3 is 2.79 bits per heavy atom. The maximum atomic E-state index is 11.7. The molecule has 0 radical (unpaired) electrons. The van der Waals surface area contributed by atoms with E-state index in [9.17, 15) is 14.7 Å². The minimum atomic E-state index is -1.07. The maximum Gasteiger partial charge on any atom is 0.408 e. The third kappa shape index (κ3) is 8.68. The largest absolute Gasteiger partial charge is 0.480 e. The third-order valence-corrected chi connectivity index (χ3v) is 4.46. The predicted molar refractivity (Wildman–Crippen MR) is 110 cm³/mol. The lowest BCUT2D eigenvalue weighted by Crippen LogP contribution is -2.43. The van der Waals surface area contributed by atoms with Gasteiger partial charge in [-0.05, 0) is 65.0 Å². The zero-order chi connectivity index (χ0) is 21.3. The number of anilines is 1. The van der Waals surface area contributed by atoms with E-state index in [1.165, 1.54) is 0 Å². The predicted octanol–water partition coefficient (Wildman–Crippen LogP) is 3.15. The summed E-state index contributed by atoms with van der Waals surface area (Å²) in [6.07, 6.45) is 3.85. The highest BCUT2D eigenvalue weighted by molar-refractivity contribution is 5.79. The number of nitrogens with one attached hydrogen (secondary N) is 2. The molecule has 2 rings (SSSR count). The highest BCUT2D eigenvalue weighted by Crippen LogP contribution is 2.20. The number of aryl methyl sites for hydroxylation is 1. The van der Waals surface area contributed by atoms with Gasteiger partial charge in [0.25, 0.3) is 0 Å². The van der Waals surface area contributed by atoms with Gasteiger partial charge in [0.2, 0.25) is 0 Å². The molecular formula is C21H33N3O5. The number of unbranched alkanes of at least 4 members (excludes halogenated alkanes) is 1. The van der Waals surface area contributed by atoms with Crippen LogP contribution in [0.15, 0.2) is 12.1 Å². The molecule has 0 spiro atoms. The fraction of sp³-hybridized carbons (Fsp3) is 0.667. The van der Waals surface area contributed by atoms with Crippen molar-refractivity contribution in [3.8, 4) is 0 Å². The van der Waals surface area contributed by atoms with Crippen LogP contribution in [0.5, 0.6) is 0 Å². The Kier molecular flexibility index (Phi) is 8.70. The van der Waals surface area contributed by atoms with E-state index in [1.54, 1.807) is 20.8 Å². The second kappa shape index (κ2) is 11.0. The molecule has 1 atom stereocenters. The Morgan fingerprint density at radius 2 is 2.07 bits per heavy atom. The smallest absolute Gasteiger partial charge is 0.408 e. The summed E-state index contributed by atoms with van der Waals surface area (Å²) in [4.78, 5) is 27.7. The van der Waals surface area contributed by atoms with Crippen LogP contribution in [0.1, 0.15) is 57.8 Å². The molecule has 1 aromatic rings. The van der Waals surface area contributed by atoms with E-state index in [-0.39, 0.29) is 0 Å². The standard InChI is InChI=1S/C21H33N3O5/c1-21(2,3)29-20(27)24-18(19(25)26)7-4-5-13-28-14-11-15-9-10-16-17(23-15)8-6-12-22-16/h9-10,18,22H,4-8,11-14H2,1-3H3,(H,24,27)(H,25,26)/t18-/m0/s1. The molecule has 162 valence electrons. The van der Waals surface area contributed by atoms with E-state index in [0.717, 1.165) is 49.3 Å². The molecule has 1 aromatic heterocycles. The molecular weight excluding hydrogens is 374 g/mol. The van der Waals surface area contributed by atoms with Crippen LogP contribution in [0.3, 0.4) is 0 Å². The number of carbonyl (C=O) groups is 2. The number of ether oxygens (including phenoxy) is 2. The summed E-state index contributed by atoms with van der Waals surface area (Å²) in [7, 11) is 0. The van der Waals surface area contributed by atoms with Crippen molar-refractivity contribution in [3.05, 3.63) is 23.5 Å². The number of aromatic nitrogens is 1. The molecule has 8 heteroatoms. The molecule has 0 saturated carbocycles. The fourth-order valence-corrected chi connectivity index (χ4v) is 3.05. The highest BCUT2D eigenvalue weighted by Gasteiger charge is 2.23. The van der Waals surface area contributed by atoms with Crippen LogP contribution >= 0.6 is 0 Å². The van der Waals surface area contributed by atoms with Crippen molar-refractivity contribution in [1.29, 1.82) is 0 Å². The first-order chi connectivity index (χ1) is 13.7. The zero-order valence-electron chi connectivity index (χ0n) is 17.6. The van der Waals surface area contributed by atoms with Gasteiger partial charge in [0.15, 0.2) is 0 Å². The van der Waals surface area contributed by atoms with Gasteiger partial charge in [-0.2, -0.15) is 0 Å². The van der Waals surface area contributed by atoms with Crippen molar-refractivity contribution in [2.24, 2.45) is 0 Å². The number of pyridine rings is 1. The van der Waals surface area contributed by atoms with Crippen molar-refractivity contribution in [1.82, 2.24) is 10.3 Å². The van der Waals surface area contributed by atoms with Crippen molar-refractivity contribution in [2.75, 3.05) is 25.1 Å². The lowest BCUT2D eigenvalue weighted by molar-refractivity contribution is -0.139. The van der Waals surface area contributed by atoms with E-state index < -0.39 is 23.7 Å². The lowest BCUT2D eigenvalue weighted by atomic mass is 10.1. The van der Waals surface area contributed by atoms with E-state index in [4.69, 9.17) is 9.47 Å². The van der Waals surface area contributed by atoms with Crippen molar-refractivity contribution >= 4 is 17.7 Å². The number of carboxylic acids is 1. The molecule has 0 aliphatic carbocycles. The Hall–Kier alpha value is -2.35. The Bertz CT molecular complexity index is 687. The van der Waals surface area contributed by atoms with Crippen LogP contribution in [0.4, 0.5) is 10.5 Å². The van der Waals surface area contributed by atoms with Crippen LogP contribution < -0.4 is 10.6 Å². The number of aliphatic carboxylic acids is 1. The summed E-state index contributed by atoms with van der Waals surface area (Å²) in [6, 6.07) is 3.15. The summed E-state index contributed by atoms with van der Waals surface area (Å²) in [6.45, 7) is 7.33. The van der Waals surface area contributed by atoms with Gasteiger partial charge >= 0.3 is 12.1 Å². The van der Waals surface area contributed by atoms with Gasteiger partial charge in [-0.3, -0.25) is 4.98 Å². The van der Waals surface area contributed by atoms with E-state index in [1.807, 2.05) is 6.07 Å². The van der Waals surface area contributed by atoms with Crippen LogP contribution in [0.2, 0.25) is 0 Å². The number of hydrogen-bond donors (Lipinski definition) is 3. The first-order valence-electron chi connectivity index (χ1n) is 10.3. The number of fused-ring (bicyclic) bond motifs is 1. The topological polar surface area (TPSA) is 110 Å². The van der Waals surface area contributed by atoms with Crippen molar-refractivity contribution < 1.29 is 24.2 Å². The fourth-order valence-electron chi connectivity index (χ4n) is 3.05. The maximum absolute atomic E-state index is 11.7. The SMILES string of the molecule is CC(C)(C)OC(=O)N[C@@H](CCCCOCCc1ccc2c(n1)CCCN2)C(=O)O. The molecule has 29 heavy (non-hydrogen) atoms. The second-order valence-corrected chi connectivity index (χ2v) is 8.22. The van der Waals surface area contributed by atoms with E-state index >= 15 is 0 Å². The summed E-state index contributed by atoms with van der Waals surface area (Å²) in [5, 5.41) is 15.0. The number of carbonyl (C=O) groups excluding carboxylic acids is 1. The van der Waals surface area contributed by atoms with Crippen LogP contribution in [0.25, 0.3) is 0 Å².